The molecule has 3 aliphatic carbocycles. The third-order valence-electron chi connectivity index (χ3n) is 9.10. The average Bonchev–Trinajstić information content (AvgIpc) is 3.69. The molecule has 5 aliphatic rings. The van der Waals surface area contributed by atoms with Crippen LogP contribution in [0.3, 0.4) is 0 Å². The first kappa shape index (κ1) is 25.6. The molecule has 2 saturated carbocycles. The Kier molecular flexibility index (Phi) is 7.62. The van der Waals surface area contributed by atoms with Crippen molar-refractivity contribution in [2.75, 3.05) is 27.3 Å². The van der Waals surface area contributed by atoms with Crippen molar-refractivity contribution in [2.45, 2.75) is 82.6 Å². The van der Waals surface area contributed by atoms with Gasteiger partial charge in [0.05, 0.1) is 19.8 Å². The van der Waals surface area contributed by atoms with Crippen molar-refractivity contribution in [2.24, 2.45) is 11.8 Å². The molecule has 3 fully saturated rings. The fraction of sp³-hybridized carbons (Fsp3) is 0.613. The van der Waals surface area contributed by atoms with E-state index < -0.39 is 0 Å². The molecule has 0 aromatic heterocycles. The normalized spacial score (nSPS) is 31.1. The Balaban J connectivity index is 0.000000228. The van der Waals surface area contributed by atoms with E-state index in [1.165, 1.54) is 56.3 Å². The van der Waals surface area contributed by atoms with Gasteiger partial charge in [0, 0.05) is 30.7 Å². The van der Waals surface area contributed by atoms with Gasteiger partial charge in [-0.05, 0) is 74.1 Å². The number of ether oxygens (including phenoxy) is 3. The Morgan fingerprint density at radius 1 is 1.03 bits per heavy atom. The van der Waals surface area contributed by atoms with Crippen molar-refractivity contribution in [3.63, 3.8) is 0 Å². The topological polar surface area (TPSA) is 51.2 Å². The summed E-state index contributed by atoms with van der Waals surface area (Å²) in [5, 5.41) is 8.54. The van der Waals surface area contributed by atoms with Gasteiger partial charge in [-0.2, -0.15) is 0 Å². The van der Waals surface area contributed by atoms with E-state index in [9.17, 15) is 0 Å². The second kappa shape index (κ2) is 10.7. The number of piperidine rings is 1. The number of nitrogens with zero attached hydrogens (tertiary/aromatic N) is 1. The minimum absolute atomic E-state index is 0.140. The Bertz CT molecular complexity index is 1020. The number of aliphatic hydroxyl groups excluding tert-OH is 1. The lowest BCUT2D eigenvalue weighted by Gasteiger charge is -2.59. The van der Waals surface area contributed by atoms with Crippen LogP contribution in [0.25, 0.3) is 0 Å². The molecule has 1 spiro atoms. The Hall–Kier alpha value is -2.08. The zero-order valence-electron chi connectivity index (χ0n) is 22.4. The van der Waals surface area contributed by atoms with Gasteiger partial charge in [0.25, 0.3) is 0 Å². The number of hydrogen-bond donors (Lipinski definition) is 1. The maximum absolute atomic E-state index is 8.54. The summed E-state index contributed by atoms with van der Waals surface area (Å²) in [6.45, 7) is 6.67. The second-order valence-corrected chi connectivity index (χ2v) is 10.8. The van der Waals surface area contributed by atoms with Gasteiger partial charge in [-0.1, -0.05) is 50.2 Å². The highest BCUT2D eigenvalue weighted by Gasteiger charge is 2.66. The van der Waals surface area contributed by atoms with Crippen molar-refractivity contribution in [1.82, 2.24) is 4.90 Å². The number of rotatable bonds is 5. The molecular weight excluding hydrogens is 450 g/mol. The molecule has 36 heavy (non-hydrogen) atoms. The fourth-order valence-electron chi connectivity index (χ4n) is 7.41. The lowest BCUT2D eigenvalue weighted by molar-refractivity contribution is -0.116. The van der Waals surface area contributed by atoms with Crippen LogP contribution in [0.2, 0.25) is 0 Å². The van der Waals surface area contributed by atoms with Gasteiger partial charge in [0.1, 0.15) is 6.10 Å². The molecule has 1 N–H and O–H groups in total. The molecule has 5 heteroatoms. The molecule has 2 aromatic rings. The molecule has 0 amide bonds. The molecule has 1 saturated heterocycles. The van der Waals surface area contributed by atoms with Crippen LogP contribution >= 0.6 is 0 Å². The van der Waals surface area contributed by atoms with E-state index in [4.69, 9.17) is 19.3 Å². The summed E-state index contributed by atoms with van der Waals surface area (Å²) in [4.78, 5) is 2.84. The summed E-state index contributed by atoms with van der Waals surface area (Å²) in [7, 11) is 3.62. The third-order valence-corrected chi connectivity index (χ3v) is 9.10. The van der Waals surface area contributed by atoms with Crippen LogP contribution in [0.5, 0.6) is 11.5 Å². The zero-order valence-corrected chi connectivity index (χ0v) is 22.4. The summed E-state index contributed by atoms with van der Waals surface area (Å²) in [6.07, 6.45) is 8.00. The highest BCUT2D eigenvalue weighted by atomic mass is 16.6. The maximum Gasteiger partial charge on any atom is 0.165 e. The standard InChI is InChI=1S/C22H29NO3.C7H8O.C2H6/c1-24-17-7-5-14-11-16-15-6-8-18(25-2)21-22(15,19(14)20(17)26-21)9-10-23(16)12-13-3-4-13;8-6-7-4-2-1-3-5-7;1-2/h5,7,13,15-16,18,21H,3-4,6,8-12H2,1-2H3;1-5,8H,6H2;1-2H3/t15?,16?,18?,21-,22?;;/m0../s1. The van der Waals surface area contributed by atoms with Crippen LogP contribution in [-0.4, -0.2) is 55.6 Å². The Morgan fingerprint density at radius 3 is 2.44 bits per heavy atom. The minimum atomic E-state index is 0.140. The van der Waals surface area contributed by atoms with Crippen LogP contribution in [-0.2, 0) is 23.2 Å². The average molecular weight is 494 g/mol. The second-order valence-electron chi connectivity index (χ2n) is 10.8. The Morgan fingerprint density at radius 2 is 1.81 bits per heavy atom. The number of hydrogen-bond acceptors (Lipinski definition) is 5. The molecule has 2 bridgehead atoms. The fourth-order valence-corrected chi connectivity index (χ4v) is 7.41. The lowest BCUT2D eigenvalue weighted by atomic mass is 9.51. The van der Waals surface area contributed by atoms with Gasteiger partial charge >= 0.3 is 0 Å². The molecule has 4 unspecified atom stereocenters. The molecule has 2 heterocycles. The van der Waals surface area contributed by atoms with Gasteiger partial charge < -0.3 is 19.3 Å². The SMILES string of the molecule is CC.COc1ccc2c3c1O[C@H]1C(OC)CCC4C(C2)N(CC2CC2)CCC341.OCc1ccccc1. The molecule has 196 valence electrons. The predicted octanol–water partition coefficient (Wildman–Crippen LogP) is 5.36. The first-order chi connectivity index (χ1) is 17.7. The van der Waals surface area contributed by atoms with E-state index in [2.05, 4.69) is 17.0 Å². The first-order valence-corrected chi connectivity index (χ1v) is 14.0. The largest absolute Gasteiger partial charge is 0.493 e. The maximum atomic E-state index is 8.54. The zero-order chi connectivity index (χ0) is 25.3. The summed E-state index contributed by atoms with van der Waals surface area (Å²) in [6, 6.07) is 14.6. The van der Waals surface area contributed by atoms with E-state index in [0.29, 0.717) is 12.0 Å². The Labute approximate surface area is 216 Å². The summed E-state index contributed by atoms with van der Waals surface area (Å²) in [5.74, 6) is 3.59. The molecular formula is C31H43NO4. The molecule has 2 aromatic carbocycles. The van der Waals surface area contributed by atoms with Gasteiger partial charge in [-0.15, -0.1) is 0 Å². The van der Waals surface area contributed by atoms with Gasteiger partial charge in [0.2, 0.25) is 0 Å². The smallest absolute Gasteiger partial charge is 0.165 e. The first-order valence-electron chi connectivity index (χ1n) is 14.0. The molecule has 5 atom stereocenters. The number of methoxy groups -OCH3 is 2. The lowest BCUT2D eigenvalue weighted by Crippen LogP contribution is -2.67. The molecule has 7 rings (SSSR count). The molecule has 2 aliphatic heterocycles. The van der Waals surface area contributed by atoms with Crippen LogP contribution in [0, 0.1) is 11.8 Å². The summed E-state index contributed by atoms with van der Waals surface area (Å²) < 4.78 is 18.3. The molecule has 5 nitrogen and oxygen atoms in total. The van der Waals surface area contributed by atoms with Crippen LogP contribution in [0.15, 0.2) is 42.5 Å². The van der Waals surface area contributed by atoms with Crippen molar-refractivity contribution >= 4 is 0 Å². The highest BCUT2D eigenvalue weighted by Crippen LogP contribution is 2.64. The van der Waals surface area contributed by atoms with Gasteiger partial charge in [-0.3, -0.25) is 4.90 Å². The quantitative estimate of drug-likeness (QED) is 0.607. The van der Waals surface area contributed by atoms with Crippen LogP contribution in [0.1, 0.15) is 62.6 Å². The predicted molar refractivity (Wildman–Crippen MR) is 143 cm³/mol. The third kappa shape index (κ3) is 4.23. The number of likely N-dealkylation sites (tertiary alicyclic amines) is 1. The summed E-state index contributed by atoms with van der Waals surface area (Å²) in [5.41, 5.74) is 4.09. The van der Waals surface area contributed by atoms with E-state index in [1.54, 1.807) is 7.11 Å². The van der Waals surface area contributed by atoms with Crippen LogP contribution in [0.4, 0.5) is 0 Å². The number of benzene rings is 2. The molecule has 0 radical (unpaired) electrons. The van der Waals surface area contributed by atoms with Crippen molar-refractivity contribution in [3.8, 4) is 11.5 Å². The van der Waals surface area contributed by atoms with Crippen molar-refractivity contribution in [3.05, 3.63) is 59.2 Å². The number of aliphatic hydroxyl groups is 1. The monoisotopic (exact) mass is 493 g/mol. The summed E-state index contributed by atoms with van der Waals surface area (Å²) >= 11 is 0. The van der Waals surface area contributed by atoms with E-state index in [1.807, 2.05) is 51.3 Å². The van der Waals surface area contributed by atoms with Gasteiger partial charge in [0.15, 0.2) is 11.5 Å². The van der Waals surface area contributed by atoms with Crippen molar-refractivity contribution < 1.29 is 19.3 Å². The minimum Gasteiger partial charge on any atom is -0.493 e. The van der Waals surface area contributed by atoms with Crippen molar-refractivity contribution in [1.29, 1.82) is 0 Å². The van der Waals surface area contributed by atoms with E-state index >= 15 is 0 Å². The highest BCUT2D eigenvalue weighted by molar-refractivity contribution is 5.61. The van der Waals surface area contributed by atoms with E-state index in [0.717, 1.165) is 29.4 Å². The van der Waals surface area contributed by atoms with E-state index in [-0.39, 0.29) is 24.2 Å². The van der Waals surface area contributed by atoms with Gasteiger partial charge in [-0.25, -0.2) is 0 Å². The van der Waals surface area contributed by atoms with Crippen LogP contribution < -0.4 is 9.47 Å².